The average molecular weight is 491 g/mol. The summed E-state index contributed by atoms with van der Waals surface area (Å²) >= 11 is 1.59. The molecule has 5 aromatic rings. The van der Waals surface area contributed by atoms with Crippen LogP contribution in [0.25, 0.3) is 32.2 Å². The molecule has 8 heteroatoms. The largest absolute Gasteiger partial charge is 0.365 e. The fourth-order valence-electron chi connectivity index (χ4n) is 4.24. The minimum Gasteiger partial charge on any atom is -0.365 e. The van der Waals surface area contributed by atoms with Crippen LogP contribution in [0.15, 0.2) is 60.8 Å². The van der Waals surface area contributed by atoms with Gasteiger partial charge in [-0.3, -0.25) is 4.79 Å². The van der Waals surface area contributed by atoms with Crippen molar-refractivity contribution in [1.82, 2.24) is 14.9 Å². The number of halogens is 2. The molecule has 5 nitrogen and oxygen atoms in total. The Kier molecular flexibility index (Phi) is 6.21. The van der Waals surface area contributed by atoms with E-state index in [9.17, 15) is 13.6 Å². The van der Waals surface area contributed by atoms with Crippen molar-refractivity contribution in [1.29, 1.82) is 0 Å². The van der Waals surface area contributed by atoms with Crippen molar-refractivity contribution in [2.24, 2.45) is 0 Å². The molecular formula is C27H24F2N4OS. The zero-order valence-electron chi connectivity index (χ0n) is 19.4. The molecule has 0 unspecified atom stereocenters. The van der Waals surface area contributed by atoms with E-state index in [1.54, 1.807) is 11.3 Å². The molecule has 2 N–H and O–H groups in total. The summed E-state index contributed by atoms with van der Waals surface area (Å²) in [6.07, 6.45) is 2.75. The van der Waals surface area contributed by atoms with Crippen molar-refractivity contribution in [3.8, 4) is 11.1 Å². The molecule has 3 aromatic carbocycles. The van der Waals surface area contributed by atoms with Gasteiger partial charge in [0.1, 0.15) is 11.6 Å². The van der Waals surface area contributed by atoms with E-state index in [0.717, 1.165) is 68.5 Å². The van der Waals surface area contributed by atoms with Gasteiger partial charge in [-0.1, -0.05) is 30.4 Å². The number of hydrogen-bond donors (Lipinski definition) is 2. The number of nitrogens with one attached hydrogen (secondary N) is 2. The summed E-state index contributed by atoms with van der Waals surface area (Å²) in [5.41, 5.74) is 4.51. The zero-order valence-corrected chi connectivity index (χ0v) is 20.2. The lowest BCUT2D eigenvalue weighted by Gasteiger charge is -2.07. The van der Waals surface area contributed by atoms with Crippen molar-refractivity contribution in [2.45, 2.75) is 26.4 Å². The molecule has 0 aliphatic carbocycles. The molecule has 1 amide bonds. The molecule has 2 heterocycles. The number of rotatable bonds is 7. The molecule has 178 valence electrons. The SMILES string of the molecule is CCCn1cc(C(=O)NCc2cc(F)ccc2F)c2cc(-c3ccc4nc(NC)sc4c3)ccc21. The van der Waals surface area contributed by atoms with Gasteiger partial charge in [-0.05, 0) is 60.0 Å². The highest BCUT2D eigenvalue weighted by atomic mass is 32.1. The highest BCUT2D eigenvalue weighted by molar-refractivity contribution is 7.22. The van der Waals surface area contributed by atoms with Gasteiger partial charge in [0, 0.05) is 42.8 Å². The lowest BCUT2D eigenvalue weighted by atomic mass is 10.0. The van der Waals surface area contributed by atoms with Gasteiger partial charge in [0.2, 0.25) is 0 Å². The molecule has 0 bridgehead atoms. The van der Waals surface area contributed by atoms with Crippen LogP contribution >= 0.6 is 11.3 Å². The zero-order chi connectivity index (χ0) is 24.5. The number of aromatic nitrogens is 2. The smallest absolute Gasteiger partial charge is 0.253 e. The van der Waals surface area contributed by atoms with E-state index in [2.05, 4.69) is 39.2 Å². The Balaban J connectivity index is 1.51. The lowest BCUT2D eigenvalue weighted by Crippen LogP contribution is -2.23. The second-order valence-electron chi connectivity index (χ2n) is 8.34. The average Bonchev–Trinajstić information content (AvgIpc) is 3.45. The molecular weight excluding hydrogens is 466 g/mol. The monoisotopic (exact) mass is 490 g/mol. The van der Waals surface area contributed by atoms with Gasteiger partial charge in [-0.2, -0.15) is 0 Å². The fourth-order valence-corrected chi connectivity index (χ4v) is 5.10. The summed E-state index contributed by atoms with van der Waals surface area (Å²) in [4.78, 5) is 17.7. The summed E-state index contributed by atoms with van der Waals surface area (Å²) in [6.45, 7) is 2.75. The molecule has 0 saturated carbocycles. The standard InChI is InChI=1S/C27H24F2N4OS/c1-3-10-33-15-21(26(34)31-14-18-11-19(28)6-7-22(18)29)20-12-16(5-9-24(20)33)17-4-8-23-25(13-17)35-27(30-2)32-23/h4-9,11-13,15H,3,10,14H2,1-2H3,(H,30,32)(H,31,34). The van der Waals surface area contributed by atoms with Crippen LogP contribution in [0.3, 0.4) is 0 Å². The van der Waals surface area contributed by atoms with Gasteiger partial charge in [0.05, 0.1) is 15.8 Å². The lowest BCUT2D eigenvalue weighted by molar-refractivity contribution is 0.0952. The van der Waals surface area contributed by atoms with Gasteiger partial charge in [0.15, 0.2) is 5.13 Å². The first-order chi connectivity index (χ1) is 17.0. The number of anilines is 1. The molecule has 2 aromatic heterocycles. The van der Waals surface area contributed by atoms with Crippen molar-refractivity contribution in [2.75, 3.05) is 12.4 Å². The molecule has 0 atom stereocenters. The Morgan fingerprint density at radius 2 is 1.86 bits per heavy atom. The fraction of sp³-hybridized carbons (Fsp3) is 0.185. The Morgan fingerprint density at radius 1 is 1.06 bits per heavy atom. The van der Waals surface area contributed by atoms with Crippen molar-refractivity contribution in [3.63, 3.8) is 0 Å². The molecule has 0 spiro atoms. The molecule has 0 saturated heterocycles. The molecule has 0 aliphatic rings. The summed E-state index contributed by atoms with van der Waals surface area (Å²) < 4.78 is 30.7. The van der Waals surface area contributed by atoms with E-state index in [0.29, 0.717) is 5.56 Å². The maximum Gasteiger partial charge on any atom is 0.253 e. The predicted molar refractivity (Wildman–Crippen MR) is 138 cm³/mol. The van der Waals surface area contributed by atoms with E-state index in [4.69, 9.17) is 0 Å². The number of amides is 1. The third kappa shape index (κ3) is 4.49. The molecule has 35 heavy (non-hydrogen) atoms. The van der Waals surface area contributed by atoms with E-state index in [1.807, 2.05) is 37.5 Å². The van der Waals surface area contributed by atoms with Gasteiger partial charge in [-0.25, -0.2) is 13.8 Å². The number of benzene rings is 3. The van der Waals surface area contributed by atoms with Gasteiger partial charge in [0.25, 0.3) is 5.91 Å². The number of hydrogen-bond acceptors (Lipinski definition) is 4. The van der Waals surface area contributed by atoms with Crippen LogP contribution in [0.1, 0.15) is 29.3 Å². The van der Waals surface area contributed by atoms with Crippen LogP contribution in [-0.2, 0) is 13.1 Å². The minimum absolute atomic E-state index is 0.0988. The Labute approximate surface area is 205 Å². The van der Waals surface area contributed by atoms with E-state index in [1.165, 1.54) is 0 Å². The summed E-state index contributed by atoms with van der Waals surface area (Å²) in [6, 6.07) is 15.4. The maximum absolute atomic E-state index is 14.0. The molecule has 0 aliphatic heterocycles. The Morgan fingerprint density at radius 3 is 2.66 bits per heavy atom. The number of carbonyl (C=O) groups is 1. The summed E-state index contributed by atoms with van der Waals surface area (Å²) in [5.74, 6) is -1.43. The van der Waals surface area contributed by atoms with Gasteiger partial charge in [-0.15, -0.1) is 0 Å². The van der Waals surface area contributed by atoms with Crippen LogP contribution in [0.5, 0.6) is 0 Å². The number of carbonyl (C=O) groups excluding carboxylic acids is 1. The van der Waals surface area contributed by atoms with Crippen molar-refractivity contribution >= 4 is 43.5 Å². The van der Waals surface area contributed by atoms with E-state index < -0.39 is 11.6 Å². The van der Waals surface area contributed by atoms with Crippen LogP contribution < -0.4 is 10.6 Å². The van der Waals surface area contributed by atoms with Crippen LogP contribution in [0.4, 0.5) is 13.9 Å². The highest BCUT2D eigenvalue weighted by Crippen LogP contribution is 2.33. The minimum atomic E-state index is -0.553. The Hall–Kier alpha value is -3.78. The van der Waals surface area contributed by atoms with E-state index >= 15 is 0 Å². The highest BCUT2D eigenvalue weighted by Gasteiger charge is 2.17. The number of nitrogens with zero attached hydrogens (tertiary/aromatic N) is 2. The van der Waals surface area contributed by atoms with E-state index in [-0.39, 0.29) is 18.0 Å². The van der Waals surface area contributed by atoms with Crippen LogP contribution in [0, 0.1) is 11.6 Å². The first-order valence-corrected chi connectivity index (χ1v) is 12.2. The first kappa shape index (κ1) is 23.0. The second kappa shape index (κ2) is 9.46. The van der Waals surface area contributed by atoms with Crippen LogP contribution in [-0.4, -0.2) is 22.5 Å². The molecule has 0 radical (unpaired) electrons. The third-order valence-electron chi connectivity index (χ3n) is 5.97. The maximum atomic E-state index is 14.0. The van der Waals surface area contributed by atoms with Crippen LogP contribution in [0.2, 0.25) is 0 Å². The molecule has 0 fully saturated rings. The van der Waals surface area contributed by atoms with Gasteiger partial charge < -0.3 is 15.2 Å². The Bertz CT molecular complexity index is 1560. The predicted octanol–water partition coefficient (Wildman–Crippen LogP) is 6.58. The van der Waals surface area contributed by atoms with Gasteiger partial charge >= 0.3 is 0 Å². The molecule has 5 rings (SSSR count). The summed E-state index contributed by atoms with van der Waals surface area (Å²) in [7, 11) is 1.85. The van der Waals surface area contributed by atoms with Crippen molar-refractivity contribution in [3.05, 3.63) is 83.6 Å². The summed E-state index contributed by atoms with van der Waals surface area (Å²) in [5, 5.41) is 7.50. The topological polar surface area (TPSA) is 59.0 Å². The second-order valence-corrected chi connectivity index (χ2v) is 9.37. The number of thiazole rings is 1. The quantitative estimate of drug-likeness (QED) is 0.271. The number of fused-ring (bicyclic) bond motifs is 2. The van der Waals surface area contributed by atoms with Crippen molar-refractivity contribution < 1.29 is 13.6 Å². The third-order valence-corrected chi connectivity index (χ3v) is 7.01. The number of aryl methyl sites for hydroxylation is 1. The normalized spacial score (nSPS) is 11.3. The first-order valence-electron chi connectivity index (χ1n) is 11.4.